The van der Waals surface area contributed by atoms with Crippen molar-refractivity contribution in [1.29, 1.82) is 0 Å². The molecule has 1 saturated carbocycles. The van der Waals surface area contributed by atoms with Gasteiger partial charge in [-0.3, -0.25) is 9.59 Å². The minimum atomic E-state index is -0.748. The molecule has 2 atom stereocenters. The third-order valence-electron chi connectivity index (χ3n) is 4.03. The Kier molecular flexibility index (Phi) is 4.77. The third-order valence-corrected chi connectivity index (χ3v) is 4.03. The highest BCUT2D eigenvalue weighted by atomic mass is 16.4. The number of amides is 1. The predicted molar refractivity (Wildman–Crippen MR) is 76.4 cm³/mol. The first-order valence-corrected chi connectivity index (χ1v) is 7.13. The van der Waals surface area contributed by atoms with Gasteiger partial charge in [-0.15, -0.1) is 0 Å². The van der Waals surface area contributed by atoms with E-state index in [0.29, 0.717) is 19.3 Å². The summed E-state index contributed by atoms with van der Waals surface area (Å²) in [4.78, 5) is 22.8. The largest absolute Gasteiger partial charge is 0.481 e. The zero-order valence-corrected chi connectivity index (χ0v) is 11.8. The van der Waals surface area contributed by atoms with Crippen LogP contribution in [0.25, 0.3) is 0 Å². The minimum Gasteiger partial charge on any atom is -0.481 e. The van der Waals surface area contributed by atoms with Crippen molar-refractivity contribution in [3.05, 3.63) is 35.4 Å². The monoisotopic (exact) mass is 275 g/mol. The van der Waals surface area contributed by atoms with E-state index in [9.17, 15) is 9.59 Å². The molecular formula is C16H21NO3. The lowest BCUT2D eigenvalue weighted by Gasteiger charge is -2.12. The molecule has 0 heterocycles. The minimum absolute atomic E-state index is 0.0179. The Hall–Kier alpha value is -1.84. The summed E-state index contributed by atoms with van der Waals surface area (Å²) in [6, 6.07) is 8.08. The molecule has 1 aromatic carbocycles. The van der Waals surface area contributed by atoms with Crippen LogP contribution >= 0.6 is 0 Å². The fourth-order valence-corrected chi connectivity index (χ4v) is 2.78. The number of aryl methyl sites for hydroxylation is 2. The van der Waals surface area contributed by atoms with E-state index in [-0.39, 0.29) is 17.9 Å². The number of carbonyl (C=O) groups excluding carboxylic acids is 1. The van der Waals surface area contributed by atoms with E-state index >= 15 is 0 Å². The van der Waals surface area contributed by atoms with Gasteiger partial charge in [0.25, 0.3) is 0 Å². The number of rotatable bonds is 5. The highest BCUT2D eigenvalue weighted by Gasteiger charge is 2.30. The molecule has 1 aliphatic rings. The number of hydrogen-bond acceptors (Lipinski definition) is 2. The van der Waals surface area contributed by atoms with Crippen molar-refractivity contribution in [2.45, 2.75) is 45.1 Å². The molecule has 2 N–H and O–H groups in total. The van der Waals surface area contributed by atoms with E-state index in [1.165, 1.54) is 11.1 Å². The number of carbonyl (C=O) groups is 2. The van der Waals surface area contributed by atoms with Gasteiger partial charge in [-0.2, -0.15) is 0 Å². The second-order valence-corrected chi connectivity index (χ2v) is 5.54. The highest BCUT2D eigenvalue weighted by molar-refractivity contribution is 5.77. The van der Waals surface area contributed by atoms with E-state index in [2.05, 4.69) is 5.32 Å². The molecule has 1 aromatic rings. The van der Waals surface area contributed by atoms with E-state index in [1.54, 1.807) is 0 Å². The van der Waals surface area contributed by atoms with E-state index in [4.69, 9.17) is 5.11 Å². The van der Waals surface area contributed by atoms with Gasteiger partial charge in [0.15, 0.2) is 0 Å². The van der Waals surface area contributed by atoms with Crippen molar-refractivity contribution < 1.29 is 14.7 Å². The van der Waals surface area contributed by atoms with Crippen molar-refractivity contribution in [3.63, 3.8) is 0 Å². The zero-order chi connectivity index (χ0) is 14.5. The number of carboxylic acid groups (broad SMARTS) is 1. The SMILES string of the molecule is Cc1ccccc1CCC(=O)NC1CCC(C(=O)O)C1. The van der Waals surface area contributed by atoms with Crippen LogP contribution in [0, 0.1) is 12.8 Å². The van der Waals surface area contributed by atoms with Gasteiger partial charge in [-0.1, -0.05) is 24.3 Å². The Bertz CT molecular complexity index is 498. The summed E-state index contributed by atoms with van der Waals surface area (Å²) in [7, 11) is 0. The molecule has 2 unspecified atom stereocenters. The quantitative estimate of drug-likeness (QED) is 0.866. The van der Waals surface area contributed by atoms with Crippen LogP contribution in [0.4, 0.5) is 0 Å². The Labute approximate surface area is 119 Å². The summed E-state index contributed by atoms with van der Waals surface area (Å²) in [5, 5.41) is 11.9. The van der Waals surface area contributed by atoms with Crippen molar-refractivity contribution in [2.75, 3.05) is 0 Å². The van der Waals surface area contributed by atoms with Crippen LogP contribution in [-0.4, -0.2) is 23.0 Å². The molecule has 4 nitrogen and oxygen atoms in total. The van der Waals surface area contributed by atoms with Crippen molar-refractivity contribution in [2.24, 2.45) is 5.92 Å². The first-order valence-electron chi connectivity index (χ1n) is 7.13. The number of nitrogens with one attached hydrogen (secondary N) is 1. The number of hydrogen-bond donors (Lipinski definition) is 2. The maximum absolute atomic E-state index is 11.9. The Morgan fingerprint density at radius 3 is 2.70 bits per heavy atom. The van der Waals surface area contributed by atoms with Crippen molar-refractivity contribution in [1.82, 2.24) is 5.32 Å². The molecule has 4 heteroatoms. The highest BCUT2D eigenvalue weighted by Crippen LogP contribution is 2.25. The van der Waals surface area contributed by atoms with Crippen molar-refractivity contribution >= 4 is 11.9 Å². The number of benzene rings is 1. The summed E-state index contributed by atoms with van der Waals surface area (Å²) in [6.07, 6.45) is 3.18. The maximum atomic E-state index is 11.9. The molecular weight excluding hydrogens is 254 g/mol. The Morgan fingerprint density at radius 2 is 2.05 bits per heavy atom. The van der Waals surface area contributed by atoms with Crippen LogP contribution in [0.3, 0.4) is 0 Å². The molecule has 108 valence electrons. The lowest BCUT2D eigenvalue weighted by atomic mass is 10.0. The second-order valence-electron chi connectivity index (χ2n) is 5.54. The van der Waals surface area contributed by atoms with Crippen LogP contribution < -0.4 is 5.32 Å². The summed E-state index contributed by atoms with van der Waals surface area (Å²) in [5.41, 5.74) is 2.39. The predicted octanol–water partition coefficient (Wildman–Crippen LogP) is 2.30. The molecule has 0 radical (unpaired) electrons. The molecule has 1 aliphatic carbocycles. The summed E-state index contributed by atoms with van der Waals surface area (Å²) in [6.45, 7) is 2.04. The first-order chi connectivity index (χ1) is 9.56. The zero-order valence-electron chi connectivity index (χ0n) is 11.8. The summed E-state index contributed by atoms with van der Waals surface area (Å²) < 4.78 is 0. The molecule has 0 aromatic heterocycles. The van der Waals surface area contributed by atoms with E-state index < -0.39 is 5.97 Å². The second kappa shape index (κ2) is 6.55. The van der Waals surface area contributed by atoms with E-state index in [1.807, 2.05) is 31.2 Å². The average Bonchev–Trinajstić information content (AvgIpc) is 2.86. The molecule has 1 amide bonds. The number of carboxylic acids is 1. The standard InChI is InChI=1S/C16H21NO3/c1-11-4-2-3-5-12(11)7-9-15(18)17-14-8-6-13(10-14)16(19)20/h2-5,13-14H,6-10H2,1H3,(H,17,18)(H,19,20). The summed E-state index contributed by atoms with van der Waals surface area (Å²) >= 11 is 0. The lowest BCUT2D eigenvalue weighted by molar-refractivity contribution is -0.141. The normalized spacial score (nSPS) is 21.6. The summed E-state index contributed by atoms with van der Waals surface area (Å²) in [5.74, 6) is -1.03. The molecule has 0 spiro atoms. The van der Waals surface area contributed by atoms with Gasteiger partial charge in [0.2, 0.25) is 5.91 Å². The molecule has 0 aliphatic heterocycles. The Morgan fingerprint density at radius 1 is 1.30 bits per heavy atom. The molecule has 0 saturated heterocycles. The Balaban J connectivity index is 1.77. The molecule has 1 fully saturated rings. The van der Waals surface area contributed by atoms with Gasteiger partial charge in [0, 0.05) is 12.5 Å². The fraction of sp³-hybridized carbons (Fsp3) is 0.500. The third kappa shape index (κ3) is 3.83. The van der Waals surface area contributed by atoms with E-state index in [0.717, 1.165) is 12.8 Å². The van der Waals surface area contributed by atoms with Crippen LogP contribution in [0.5, 0.6) is 0 Å². The van der Waals surface area contributed by atoms with Crippen LogP contribution in [-0.2, 0) is 16.0 Å². The van der Waals surface area contributed by atoms with Gasteiger partial charge in [0.1, 0.15) is 0 Å². The van der Waals surface area contributed by atoms with Gasteiger partial charge in [-0.05, 0) is 43.7 Å². The topological polar surface area (TPSA) is 66.4 Å². The van der Waals surface area contributed by atoms with Crippen molar-refractivity contribution in [3.8, 4) is 0 Å². The van der Waals surface area contributed by atoms with Gasteiger partial charge in [-0.25, -0.2) is 0 Å². The lowest BCUT2D eigenvalue weighted by Crippen LogP contribution is -2.33. The molecule has 2 rings (SSSR count). The van der Waals surface area contributed by atoms with Crippen LogP contribution in [0.15, 0.2) is 24.3 Å². The molecule has 20 heavy (non-hydrogen) atoms. The maximum Gasteiger partial charge on any atom is 0.306 e. The average molecular weight is 275 g/mol. The first kappa shape index (κ1) is 14.6. The van der Waals surface area contributed by atoms with Crippen LogP contribution in [0.2, 0.25) is 0 Å². The smallest absolute Gasteiger partial charge is 0.306 e. The van der Waals surface area contributed by atoms with Gasteiger partial charge < -0.3 is 10.4 Å². The molecule has 0 bridgehead atoms. The number of aliphatic carboxylic acids is 1. The van der Waals surface area contributed by atoms with Crippen LogP contribution in [0.1, 0.15) is 36.8 Å². The van der Waals surface area contributed by atoms with Gasteiger partial charge >= 0.3 is 5.97 Å². The fourth-order valence-electron chi connectivity index (χ4n) is 2.78. The van der Waals surface area contributed by atoms with Gasteiger partial charge in [0.05, 0.1) is 5.92 Å².